The molecule has 0 atom stereocenters. The van der Waals surface area contributed by atoms with Crippen molar-refractivity contribution in [3.05, 3.63) is 83.0 Å². The van der Waals surface area contributed by atoms with E-state index in [1.165, 1.54) is 4.46 Å². The van der Waals surface area contributed by atoms with Crippen LogP contribution >= 0.6 is 0 Å². The molecule has 1 heterocycles. The molecule has 2 aromatic carbocycles. The second-order valence-corrected chi connectivity index (χ2v) is 7.69. The van der Waals surface area contributed by atoms with Gasteiger partial charge in [-0.1, -0.05) is 0 Å². The summed E-state index contributed by atoms with van der Waals surface area (Å²) >= 11 is 0.226. The molecule has 1 aliphatic rings. The number of allylic oxidation sites excluding steroid dienone is 1. The Bertz CT molecular complexity index is 750. The zero-order chi connectivity index (χ0) is 16.8. The van der Waals surface area contributed by atoms with Crippen LogP contribution in [0.5, 0.6) is 0 Å². The molecular formula is C21H21NOSe. The Morgan fingerprint density at radius 2 is 1.67 bits per heavy atom. The molecule has 122 valence electrons. The first kappa shape index (κ1) is 16.8. The molecule has 0 fully saturated rings. The minimum absolute atomic E-state index is 0.129. The molecule has 3 heteroatoms. The number of carbonyl (C=O) groups is 1. The Kier molecular flexibility index (Phi) is 5.68. The molecule has 0 saturated carbocycles. The van der Waals surface area contributed by atoms with Gasteiger partial charge in [0, 0.05) is 0 Å². The van der Waals surface area contributed by atoms with Crippen molar-refractivity contribution in [2.45, 2.75) is 19.8 Å². The quantitative estimate of drug-likeness (QED) is 0.700. The van der Waals surface area contributed by atoms with Gasteiger partial charge in [-0.3, -0.25) is 0 Å². The molecule has 0 radical (unpaired) electrons. The predicted molar refractivity (Wildman–Crippen MR) is 101 cm³/mol. The van der Waals surface area contributed by atoms with E-state index >= 15 is 0 Å². The van der Waals surface area contributed by atoms with Gasteiger partial charge in [-0.15, -0.1) is 0 Å². The first-order valence-electron chi connectivity index (χ1n) is 8.30. The van der Waals surface area contributed by atoms with E-state index < -0.39 is 0 Å². The van der Waals surface area contributed by atoms with Crippen LogP contribution in [0.1, 0.15) is 25.3 Å². The van der Waals surface area contributed by atoms with Crippen molar-refractivity contribution >= 4 is 30.9 Å². The Hall–Kier alpha value is -2.09. The minimum atomic E-state index is 0.129. The van der Waals surface area contributed by atoms with Gasteiger partial charge in [0.25, 0.3) is 0 Å². The van der Waals surface area contributed by atoms with Gasteiger partial charge in [-0.25, -0.2) is 0 Å². The maximum absolute atomic E-state index is 12.9. The van der Waals surface area contributed by atoms with Crippen molar-refractivity contribution < 1.29 is 4.79 Å². The number of nitrogens with zero attached hydrogens (tertiary/aromatic N) is 1. The normalized spacial score (nSPS) is 15.9. The molecule has 0 aliphatic carbocycles. The van der Waals surface area contributed by atoms with E-state index in [0.717, 1.165) is 36.2 Å². The molecule has 0 spiro atoms. The Labute approximate surface area is 150 Å². The number of unbranched alkanes of at least 4 members (excludes halogenated alkanes) is 1. The van der Waals surface area contributed by atoms with E-state index in [0.29, 0.717) is 0 Å². The SMILES string of the molecule is CCCCN1C(=O)C(c2ccccc2)=C/C1=C/[Se]c1ccccc1. The second kappa shape index (κ2) is 8.14. The molecule has 0 N–H and O–H groups in total. The summed E-state index contributed by atoms with van der Waals surface area (Å²) in [4.78, 5) is 17.0. The molecule has 24 heavy (non-hydrogen) atoms. The number of amides is 1. The van der Waals surface area contributed by atoms with Crippen LogP contribution in [0.15, 0.2) is 77.4 Å². The summed E-state index contributed by atoms with van der Waals surface area (Å²) < 4.78 is 1.32. The summed E-state index contributed by atoms with van der Waals surface area (Å²) in [6, 6.07) is 20.4. The third kappa shape index (κ3) is 3.87. The second-order valence-electron chi connectivity index (χ2n) is 5.71. The number of benzene rings is 2. The van der Waals surface area contributed by atoms with Crippen molar-refractivity contribution in [1.82, 2.24) is 4.90 Å². The fourth-order valence-corrected chi connectivity index (χ4v) is 4.25. The molecule has 0 saturated heterocycles. The number of carbonyl (C=O) groups excluding carboxylic acids is 1. The topological polar surface area (TPSA) is 20.3 Å². The van der Waals surface area contributed by atoms with Crippen molar-refractivity contribution in [2.75, 3.05) is 6.54 Å². The summed E-state index contributed by atoms with van der Waals surface area (Å²) in [5, 5.41) is 0. The van der Waals surface area contributed by atoms with Gasteiger partial charge in [-0.2, -0.15) is 0 Å². The molecule has 3 rings (SSSR count). The van der Waals surface area contributed by atoms with Crippen LogP contribution in [0, 0.1) is 0 Å². The van der Waals surface area contributed by atoms with Gasteiger partial charge in [0.1, 0.15) is 0 Å². The molecule has 1 amide bonds. The summed E-state index contributed by atoms with van der Waals surface area (Å²) in [5.74, 6) is 0.129. The third-order valence-electron chi connectivity index (χ3n) is 3.96. The Morgan fingerprint density at radius 1 is 1.00 bits per heavy atom. The van der Waals surface area contributed by atoms with Crippen LogP contribution in [-0.2, 0) is 4.79 Å². The van der Waals surface area contributed by atoms with Crippen molar-refractivity contribution in [1.29, 1.82) is 0 Å². The molecule has 2 nitrogen and oxygen atoms in total. The van der Waals surface area contributed by atoms with Crippen molar-refractivity contribution in [3.63, 3.8) is 0 Å². The van der Waals surface area contributed by atoms with Crippen LogP contribution in [0.2, 0.25) is 0 Å². The first-order chi connectivity index (χ1) is 11.8. The van der Waals surface area contributed by atoms with Crippen LogP contribution in [0.25, 0.3) is 5.57 Å². The predicted octanol–water partition coefficient (Wildman–Crippen LogP) is 3.58. The average Bonchev–Trinajstić information content (AvgIpc) is 2.95. The van der Waals surface area contributed by atoms with Crippen LogP contribution in [-0.4, -0.2) is 32.3 Å². The Balaban J connectivity index is 1.87. The zero-order valence-electron chi connectivity index (χ0n) is 13.8. The average molecular weight is 382 g/mol. The van der Waals surface area contributed by atoms with Gasteiger partial charge in [0.15, 0.2) is 0 Å². The van der Waals surface area contributed by atoms with E-state index in [9.17, 15) is 4.79 Å². The fourth-order valence-electron chi connectivity index (χ4n) is 2.65. The summed E-state index contributed by atoms with van der Waals surface area (Å²) in [7, 11) is 0. The van der Waals surface area contributed by atoms with Crippen molar-refractivity contribution in [2.24, 2.45) is 0 Å². The summed E-state index contributed by atoms with van der Waals surface area (Å²) in [5.41, 5.74) is 2.86. The zero-order valence-corrected chi connectivity index (χ0v) is 15.5. The van der Waals surface area contributed by atoms with Gasteiger partial charge < -0.3 is 0 Å². The van der Waals surface area contributed by atoms with Crippen LogP contribution in [0.3, 0.4) is 0 Å². The van der Waals surface area contributed by atoms with E-state index in [1.54, 1.807) is 0 Å². The number of hydrogen-bond donors (Lipinski definition) is 0. The van der Waals surface area contributed by atoms with Crippen molar-refractivity contribution in [3.8, 4) is 0 Å². The standard InChI is InChI=1S/C21H21NOSe/c1-2-3-14-22-18(16-24-19-12-8-5-9-13-19)15-20(21(22)23)17-10-6-4-7-11-17/h4-13,15-16H,2-3,14H2,1H3/b18-16-. The number of rotatable bonds is 6. The summed E-state index contributed by atoms with van der Waals surface area (Å²) in [6.45, 7) is 2.95. The van der Waals surface area contributed by atoms with Crippen LogP contribution in [0.4, 0.5) is 0 Å². The fraction of sp³-hybridized carbons (Fsp3) is 0.190. The molecule has 0 aromatic heterocycles. The maximum atomic E-state index is 12.9. The van der Waals surface area contributed by atoms with E-state index in [1.807, 2.05) is 41.3 Å². The van der Waals surface area contributed by atoms with Gasteiger partial charge in [-0.05, 0) is 0 Å². The van der Waals surface area contributed by atoms with Gasteiger partial charge in [0.05, 0.1) is 0 Å². The molecule has 1 aliphatic heterocycles. The first-order valence-corrected chi connectivity index (χ1v) is 10.1. The van der Waals surface area contributed by atoms with Crippen LogP contribution < -0.4 is 4.46 Å². The monoisotopic (exact) mass is 383 g/mol. The molecular weight excluding hydrogens is 361 g/mol. The number of hydrogen-bond acceptors (Lipinski definition) is 1. The van der Waals surface area contributed by atoms with E-state index in [-0.39, 0.29) is 20.9 Å². The third-order valence-corrected chi connectivity index (χ3v) is 5.85. The summed E-state index contributed by atoms with van der Waals surface area (Å²) in [6.07, 6.45) is 4.16. The molecule has 0 bridgehead atoms. The molecule has 0 unspecified atom stereocenters. The van der Waals surface area contributed by atoms with E-state index in [2.05, 4.69) is 42.2 Å². The van der Waals surface area contributed by atoms with Gasteiger partial charge in [0.2, 0.25) is 0 Å². The Morgan fingerprint density at radius 3 is 2.33 bits per heavy atom. The van der Waals surface area contributed by atoms with E-state index in [4.69, 9.17) is 0 Å². The molecule has 2 aromatic rings. The van der Waals surface area contributed by atoms with Gasteiger partial charge >= 0.3 is 150 Å².